The summed E-state index contributed by atoms with van der Waals surface area (Å²) in [5.74, 6) is -0.0698. The number of hydrogen-bond acceptors (Lipinski definition) is 2. The van der Waals surface area contributed by atoms with Gasteiger partial charge in [0.25, 0.3) is 0 Å². The highest BCUT2D eigenvalue weighted by molar-refractivity contribution is 6.36. The van der Waals surface area contributed by atoms with E-state index in [2.05, 4.69) is 5.32 Å². The molecule has 162 valence electrons. The number of amides is 2. The van der Waals surface area contributed by atoms with Crippen molar-refractivity contribution in [3.8, 4) is 0 Å². The van der Waals surface area contributed by atoms with Crippen LogP contribution in [0.4, 0.5) is 0 Å². The van der Waals surface area contributed by atoms with E-state index in [4.69, 9.17) is 34.8 Å². The average Bonchev–Trinajstić information content (AvgIpc) is 2.70. The van der Waals surface area contributed by atoms with E-state index >= 15 is 0 Å². The summed E-state index contributed by atoms with van der Waals surface area (Å²) in [6, 6.07) is 11.9. The first kappa shape index (κ1) is 24.5. The Hall–Kier alpha value is -1.75. The molecule has 1 N–H and O–H groups in total. The van der Waals surface area contributed by atoms with Gasteiger partial charge in [-0.15, -0.1) is 0 Å². The molecular formula is C23H27Cl3N2O2. The highest BCUT2D eigenvalue weighted by atomic mass is 35.5. The van der Waals surface area contributed by atoms with Crippen LogP contribution in [-0.4, -0.2) is 29.3 Å². The summed E-state index contributed by atoms with van der Waals surface area (Å²) < 4.78 is 0. The third kappa shape index (κ3) is 6.90. The fraction of sp³-hybridized carbons (Fsp3) is 0.391. The Morgan fingerprint density at radius 1 is 0.933 bits per heavy atom. The minimum absolute atomic E-state index is 0.149. The van der Waals surface area contributed by atoms with Crippen LogP contribution in [0.5, 0.6) is 0 Å². The lowest BCUT2D eigenvalue weighted by atomic mass is 10.1. The standard InChI is InChI=1S/C23H27Cl3N2O2/c1-15(2)13-27-23(30)16(3)28(14-18-20(25)9-6-10-21(18)26)22(29)12-11-17-7-4-5-8-19(17)24/h4-10,15-16H,11-14H2,1-3H3,(H,27,30). The second kappa shape index (κ2) is 11.6. The van der Waals surface area contributed by atoms with E-state index < -0.39 is 6.04 Å². The molecule has 30 heavy (non-hydrogen) atoms. The van der Waals surface area contributed by atoms with Crippen LogP contribution < -0.4 is 5.32 Å². The fourth-order valence-electron chi connectivity index (χ4n) is 2.98. The summed E-state index contributed by atoms with van der Waals surface area (Å²) in [5.41, 5.74) is 1.51. The molecule has 2 aromatic carbocycles. The van der Waals surface area contributed by atoms with E-state index in [0.717, 1.165) is 5.56 Å². The maximum absolute atomic E-state index is 13.2. The molecule has 2 rings (SSSR count). The Morgan fingerprint density at radius 2 is 1.53 bits per heavy atom. The van der Waals surface area contributed by atoms with Gasteiger partial charge < -0.3 is 10.2 Å². The number of benzene rings is 2. The minimum Gasteiger partial charge on any atom is -0.354 e. The van der Waals surface area contributed by atoms with Crippen LogP contribution in [-0.2, 0) is 22.6 Å². The fourth-order valence-corrected chi connectivity index (χ4v) is 3.72. The first-order chi connectivity index (χ1) is 14.2. The van der Waals surface area contributed by atoms with Crippen LogP contribution in [0.1, 0.15) is 38.3 Å². The smallest absolute Gasteiger partial charge is 0.242 e. The molecule has 2 aromatic rings. The van der Waals surface area contributed by atoms with E-state index in [-0.39, 0.29) is 24.8 Å². The van der Waals surface area contributed by atoms with Gasteiger partial charge in [0.05, 0.1) is 0 Å². The average molecular weight is 470 g/mol. The van der Waals surface area contributed by atoms with Crippen molar-refractivity contribution in [2.75, 3.05) is 6.54 Å². The van der Waals surface area contributed by atoms with Gasteiger partial charge in [-0.2, -0.15) is 0 Å². The molecule has 1 unspecified atom stereocenters. The maximum atomic E-state index is 13.2. The molecule has 0 saturated carbocycles. The maximum Gasteiger partial charge on any atom is 0.242 e. The van der Waals surface area contributed by atoms with E-state index in [1.165, 1.54) is 4.90 Å². The lowest BCUT2D eigenvalue weighted by molar-refractivity contribution is -0.140. The summed E-state index contributed by atoms with van der Waals surface area (Å²) in [5, 5.41) is 4.43. The van der Waals surface area contributed by atoms with Gasteiger partial charge in [0.1, 0.15) is 6.04 Å². The van der Waals surface area contributed by atoms with Gasteiger partial charge in [0, 0.05) is 40.1 Å². The molecule has 0 spiro atoms. The lowest BCUT2D eigenvalue weighted by Gasteiger charge is -2.29. The number of rotatable bonds is 9. The highest BCUT2D eigenvalue weighted by Gasteiger charge is 2.27. The van der Waals surface area contributed by atoms with Crippen LogP contribution in [0, 0.1) is 5.92 Å². The quantitative estimate of drug-likeness (QED) is 0.507. The van der Waals surface area contributed by atoms with Gasteiger partial charge in [0.2, 0.25) is 11.8 Å². The number of carbonyl (C=O) groups excluding carboxylic acids is 2. The van der Waals surface area contributed by atoms with Crippen molar-refractivity contribution in [1.29, 1.82) is 0 Å². The first-order valence-corrected chi connectivity index (χ1v) is 11.1. The normalized spacial score (nSPS) is 12.0. The molecule has 0 aliphatic rings. The molecule has 0 saturated heterocycles. The zero-order chi connectivity index (χ0) is 22.3. The third-order valence-electron chi connectivity index (χ3n) is 4.81. The number of carbonyl (C=O) groups is 2. The van der Waals surface area contributed by atoms with Crippen LogP contribution in [0.15, 0.2) is 42.5 Å². The van der Waals surface area contributed by atoms with Crippen LogP contribution in [0.25, 0.3) is 0 Å². The van der Waals surface area contributed by atoms with Crippen LogP contribution in [0.2, 0.25) is 15.1 Å². The zero-order valence-corrected chi connectivity index (χ0v) is 19.7. The van der Waals surface area contributed by atoms with Crippen molar-refractivity contribution in [3.05, 3.63) is 68.7 Å². The largest absolute Gasteiger partial charge is 0.354 e. The number of aryl methyl sites for hydroxylation is 1. The van der Waals surface area contributed by atoms with Crippen molar-refractivity contribution in [2.24, 2.45) is 5.92 Å². The van der Waals surface area contributed by atoms with Gasteiger partial charge >= 0.3 is 0 Å². The van der Waals surface area contributed by atoms with Gasteiger partial charge in [-0.05, 0) is 43.0 Å². The molecule has 0 radical (unpaired) electrons. The van der Waals surface area contributed by atoms with Crippen molar-refractivity contribution >= 4 is 46.6 Å². The lowest BCUT2D eigenvalue weighted by Crippen LogP contribution is -2.48. The predicted molar refractivity (Wildman–Crippen MR) is 124 cm³/mol. The van der Waals surface area contributed by atoms with E-state index in [1.54, 1.807) is 31.2 Å². The second-order valence-corrected chi connectivity index (χ2v) is 8.85. The number of nitrogens with one attached hydrogen (secondary N) is 1. The Kier molecular flexibility index (Phi) is 9.47. The van der Waals surface area contributed by atoms with Gasteiger partial charge in [-0.1, -0.05) is 72.9 Å². The zero-order valence-electron chi connectivity index (χ0n) is 17.4. The van der Waals surface area contributed by atoms with Gasteiger partial charge in [0.15, 0.2) is 0 Å². The molecule has 0 aliphatic carbocycles. The van der Waals surface area contributed by atoms with Crippen molar-refractivity contribution in [3.63, 3.8) is 0 Å². The Morgan fingerprint density at radius 3 is 2.13 bits per heavy atom. The topological polar surface area (TPSA) is 49.4 Å². The molecule has 0 fully saturated rings. The van der Waals surface area contributed by atoms with Crippen molar-refractivity contribution in [2.45, 2.75) is 46.2 Å². The summed E-state index contributed by atoms with van der Waals surface area (Å²) in [7, 11) is 0. The minimum atomic E-state index is -0.671. The summed E-state index contributed by atoms with van der Waals surface area (Å²) in [6.45, 7) is 6.43. The van der Waals surface area contributed by atoms with Crippen molar-refractivity contribution < 1.29 is 9.59 Å². The Balaban J connectivity index is 2.22. The number of halogens is 3. The SMILES string of the molecule is CC(C)CNC(=O)C(C)N(Cc1c(Cl)cccc1Cl)C(=O)CCc1ccccc1Cl. The monoisotopic (exact) mass is 468 g/mol. The predicted octanol–water partition coefficient (Wildman–Crippen LogP) is 5.77. The summed E-state index contributed by atoms with van der Waals surface area (Å²) >= 11 is 18.9. The highest BCUT2D eigenvalue weighted by Crippen LogP contribution is 2.27. The molecule has 4 nitrogen and oxygen atoms in total. The first-order valence-electron chi connectivity index (χ1n) is 9.94. The molecule has 0 heterocycles. The van der Waals surface area contributed by atoms with E-state index in [1.807, 2.05) is 32.0 Å². The van der Waals surface area contributed by atoms with Crippen LogP contribution in [0.3, 0.4) is 0 Å². The Bertz CT molecular complexity index is 866. The molecule has 7 heteroatoms. The molecule has 1 atom stereocenters. The molecule has 2 amide bonds. The van der Waals surface area contributed by atoms with Crippen LogP contribution >= 0.6 is 34.8 Å². The molecule has 0 aliphatic heterocycles. The second-order valence-electron chi connectivity index (χ2n) is 7.63. The van der Waals surface area contributed by atoms with Gasteiger partial charge in [-0.25, -0.2) is 0 Å². The van der Waals surface area contributed by atoms with Gasteiger partial charge in [-0.3, -0.25) is 9.59 Å². The molecule has 0 bridgehead atoms. The van der Waals surface area contributed by atoms with Crippen molar-refractivity contribution in [1.82, 2.24) is 10.2 Å². The third-order valence-corrected chi connectivity index (χ3v) is 5.88. The number of hydrogen-bond donors (Lipinski definition) is 1. The summed E-state index contributed by atoms with van der Waals surface area (Å²) in [6.07, 6.45) is 0.694. The van der Waals surface area contributed by atoms with E-state index in [9.17, 15) is 9.59 Å². The van der Waals surface area contributed by atoms with E-state index in [0.29, 0.717) is 39.5 Å². The Labute approximate surface area is 193 Å². The molecular weight excluding hydrogens is 443 g/mol. The summed E-state index contributed by atoms with van der Waals surface area (Å²) in [4.78, 5) is 27.4. The molecule has 0 aromatic heterocycles. The number of nitrogens with zero attached hydrogens (tertiary/aromatic N) is 1.